The van der Waals surface area contributed by atoms with Crippen molar-refractivity contribution in [2.24, 2.45) is 0 Å². The maximum absolute atomic E-state index is 13.0. The van der Waals surface area contributed by atoms with Gasteiger partial charge in [0.2, 0.25) is 5.91 Å². The van der Waals surface area contributed by atoms with Gasteiger partial charge in [-0.15, -0.1) is 0 Å². The fraction of sp³-hybridized carbons (Fsp3) is 0.861. The van der Waals surface area contributed by atoms with Crippen LogP contribution in [-0.4, -0.2) is 107 Å². The Morgan fingerprint density at radius 3 is 1.90 bits per heavy atom. The van der Waals surface area contributed by atoms with Gasteiger partial charge in [-0.05, 0) is 38.5 Å². The molecule has 1 amide bonds. The van der Waals surface area contributed by atoms with Gasteiger partial charge in [-0.2, -0.15) is 8.42 Å². The zero-order chi connectivity index (χ0) is 37.2. The molecule has 1 rings (SSSR count). The fourth-order valence-corrected chi connectivity index (χ4v) is 6.31. The van der Waals surface area contributed by atoms with E-state index >= 15 is 0 Å². The number of carbonyl (C=O) groups excluding carboxylic acids is 1. The Kier molecular flexibility index (Phi) is 26.2. The molecule has 14 heteroatoms. The monoisotopic (exact) mass is 737 g/mol. The molecule has 0 saturated carbocycles. The van der Waals surface area contributed by atoms with Gasteiger partial charge in [0.1, 0.15) is 30.5 Å². The second kappa shape index (κ2) is 28.1. The lowest BCUT2D eigenvalue weighted by atomic mass is 9.99. The number of amides is 1. The van der Waals surface area contributed by atoms with Crippen LogP contribution in [0.4, 0.5) is 0 Å². The van der Waals surface area contributed by atoms with Crippen LogP contribution in [0.2, 0.25) is 0 Å². The lowest BCUT2D eigenvalue weighted by Gasteiger charge is -2.41. The summed E-state index contributed by atoms with van der Waals surface area (Å²) in [5, 5.41) is 54.8. The molecule has 294 valence electrons. The van der Waals surface area contributed by atoms with Crippen molar-refractivity contribution in [3.05, 3.63) is 24.3 Å². The highest BCUT2D eigenvalue weighted by molar-refractivity contribution is 7.80. The summed E-state index contributed by atoms with van der Waals surface area (Å²) < 4.78 is 47.2. The Balaban J connectivity index is 2.65. The first-order valence-corrected chi connectivity index (χ1v) is 20.2. The topological polar surface area (TPSA) is 212 Å². The summed E-state index contributed by atoms with van der Waals surface area (Å²) in [5.41, 5.74) is 0. The van der Waals surface area contributed by atoms with E-state index in [2.05, 4.69) is 47.7 Å². The summed E-state index contributed by atoms with van der Waals surface area (Å²) in [5.74, 6) is -0.688. The van der Waals surface area contributed by atoms with Gasteiger partial charge in [-0.3, -0.25) is 9.35 Å². The minimum atomic E-state index is -5.10. The normalized spacial score (nSPS) is 23.4. The Morgan fingerprint density at radius 2 is 1.32 bits per heavy atom. The smallest absolute Gasteiger partial charge is 0.394 e. The number of aliphatic hydroxyl groups is 5. The summed E-state index contributed by atoms with van der Waals surface area (Å²) >= 11 is 0. The van der Waals surface area contributed by atoms with Crippen LogP contribution in [-0.2, 0) is 28.9 Å². The van der Waals surface area contributed by atoms with Crippen LogP contribution < -0.4 is 5.32 Å². The van der Waals surface area contributed by atoms with Crippen molar-refractivity contribution in [2.75, 3.05) is 13.2 Å². The molecule has 0 spiro atoms. The van der Waals surface area contributed by atoms with Gasteiger partial charge in [-0.25, -0.2) is 4.18 Å². The molecular formula is C36H67NO12S. The highest BCUT2D eigenvalue weighted by Crippen LogP contribution is 2.26. The number of nitrogens with one attached hydrogen (secondary N) is 1. The van der Waals surface area contributed by atoms with Gasteiger partial charge in [0.05, 0.1) is 25.4 Å². The lowest BCUT2D eigenvalue weighted by molar-refractivity contribution is -0.298. The Morgan fingerprint density at radius 1 is 0.800 bits per heavy atom. The van der Waals surface area contributed by atoms with Crippen LogP contribution >= 0.6 is 0 Å². The van der Waals surface area contributed by atoms with Gasteiger partial charge in [0.25, 0.3) is 0 Å². The third kappa shape index (κ3) is 21.2. The maximum atomic E-state index is 13.0. The SMILES string of the molecule is CCCCC/C=C\C=C/CCCCCCCC(O)C(=O)NC(COC1OC(CO)C(O)C(OS(=O)(=O)O)C1O)C(O)CCCCCCCCC. The molecule has 0 aromatic rings. The van der Waals surface area contributed by atoms with E-state index < -0.39 is 78.5 Å². The number of ether oxygens (including phenoxy) is 2. The van der Waals surface area contributed by atoms with E-state index in [4.69, 9.17) is 14.0 Å². The molecule has 0 radical (unpaired) electrons. The highest BCUT2D eigenvalue weighted by Gasteiger charge is 2.48. The van der Waals surface area contributed by atoms with E-state index in [9.17, 15) is 38.7 Å². The summed E-state index contributed by atoms with van der Waals surface area (Å²) in [6.07, 6.45) is 15.6. The van der Waals surface area contributed by atoms with Crippen LogP contribution in [0.3, 0.4) is 0 Å². The molecular weight excluding hydrogens is 670 g/mol. The summed E-state index contributed by atoms with van der Waals surface area (Å²) in [6, 6.07) is -1.03. The third-order valence-electron chi connectivity index (χ3n) is 8.90. The standard InChI is InChI=1S/C36H67NO12S/c1-3-5-7-9-11-12-13-14-15-16-17-19-21-23-25-30(40)35(43)37-28(29(39)24-22-20-18-10-8-6-4-2)27-47-36-33(42)34(49-50(44,45)46)32(41)31(26-38)48-36/h11-14,28-34,36,38-42H,3-10,15-27H2,1-2H3,(H,37,43)(H,44,45,46)/b12-11-,14-13-. The highest BCUT2D eigenvalue weighted by atomic mass is 32.3. The van der Waals surface area contributed by atoms with Crippen molar-refractivity contribution in [2.45, 2.75) is 185 Å². The van der Waals surface area contributed by atoms with Gasteiger partial charge >= 0.3 is 10.4 Å². The molecule has 1 aliphatic heterocycles. The number of rotatable bonds is 30. The molecule has 1 heterocycles. The first-order chi connectivity index (χ1) is 23.9. The predicted molar refractivity (Wildman–Crippen MR) is 191 cm³/mol. The van der Waals surface area contributed by atoms with Crippen molar-refractivity contribution < 1.29 is 57.0 Å². The van der Waals surface area contributed by atoms with Gasteiger partial charge in [0, 0.05) is 0 Å². The zero-order valence-corrected chi connectivity index (χ0v) is 31.1. The Bertz CT molecular complexity index is 1030. The fourth-order valence-electron chi connectivity index (χ4n) is 5.81. The number of hydrogen-bond acceptors (Lipinski definition) is 11. The van der Waals surface area contributed by atoms with Gasteiger partial charge < -0.3 is 40.3 Å². The van der Waals surface area contributed by atoms with Gasteiger partial charge in [0.15, 0.2) is 6.29 Å². The number of unbranched alkanes of at least 4 members (excludes halogenated alkanes) is 14. The summed E-state index contributed by atoms with van der Waals surface area (Å²) in [4.78, 5) is 13.0. The average molecular weight is 738 g/mol. The van der Waals surface area contributed by atoms with Crippen molar-refractivity contribution >= 4 is 16.3 Å². The van der Waals surface area contributed by atoms with Crippen LogP contribution in [0.5, 0.6) is 0 Å². The van der Waals surface area contributed by atoms with E-state index in [1.54, 1.807) is 0 Å². The minimum Gasteiger partial charge on any atom is -0.394 e. The van der Waals surface area contributed by atoms with Crippen molar-refractivity contribution in [1.82, 2.24) is 5.32 Å². The van der Waals surface area contributed by atoms with Crippen LogP contribution in [0, 0.1) is 0 Å². The molecule has 7 N–H and O–H groups in total. The Labute approximate surface area is 300 Å². The molecule has 0 aromatic heterocycles. The average Bonchev–Trinajstić information content (AvgIpc) is 3.08. The lowest BCUT2D eigenvalue weighted by Crippen LogP contribution is -2.61. The van der Waals surface area contributed by atoms with Crippen LogP contribution in [0.25, 0.3) is 0 Å². The van der Waals surface area contributed by atoms with E-state index in [0.29, 0.717) is 19.3 Å². The van der Waals surface area contributed by atoms with E-state index in [1.807, 2.05) is 0 Å². The molecule has 0 bridgehead atoms. The largest absolute Gasteiger partial charge is 0.397 e. The molecule has 0 aromatic carbocycles. The van der Waals surface area contributed by atoms with E-state index in [1.165, 1.54) is 25.7 Å². The summed E-state index contributed by atoms with van der Waals surface area (Å²) in [7, 11) is -5.10. The molecule has 1 fully saturated rings. The molecule has 0 aliphatic carbocycles. The number of aliphatic hydroxyl groups excluding tert-OH is 5. The van der Waals surface area contributed by atoms with Crippen molar-refractivity contribution in [3.8, 4) is 0 Å². The summed E-state index contributed by atoms with van der Waals surface area (Å²) in [6.45, 7) is 3.13. The van der Waals surface area contributed by atoms with E-state index in [0.717, 1.165) is 70.6 Å². The first kappa shape index (κ1) is 46.6. The molecule has 50 heavy (non-hydrogen) atoms. The minimum absolute atomic E-state index is 0.241. The molecule has 8 atom stereocenters. The number of carbonyl (C=O) groups is 1. The van der Waals surface area contributed by atoms with E-state index in [-0.39, 0.29) is 6.42 Å². The maximum Gasteiger partial charge on any atom is 0.397 e. The number of allylic oxidation sites excluding steroid dienone is 4. The van der Waals surface area contributed by atoms with Crippen LogP contribution in [0.1, 0.15) is 136 Å². The quantitative estimate of drug-likeness (QED) is 0.0311. The molecule has 8 unspecified atom stereocenters. The second-order valence-corrected chi connectivity index (χ2v) is 14.4. The molecule has 1 aliphatic rings. The number of hydrogen-bond donors (Lipinski definition) is 7. The van der Waals surface area contributed by atoms with Crippen molar-refractivity contribution in [1.29, 1.82) is 0 Å². The molecule has 13 nitrogen and oxygen atoms in total. The molecule has 1 saturated heterocycles. The van der Waals surface area contributed by atoms with Crippen LogP contribution in [0.15, 0.2) is 24.3 Å². The predicted octanol–water partition coefficient (Wildman–Crippen LogP) is 4.40. The zero-order valence-electron chi connectivity index (χ0n) is 30.3. The Hall–Kier alpha value is -1.46. The second-order valence-electron chi connectivity index (χ2n) is 13.3. The third-order valence-corrected chi connectivity index (χ3v) is 9.36. The first-order valence-electron chi connectivity index (χ1n) is 18.8. The van der Waals surface area contributed by atoms with Crippen molar-refractivity contribution in [3.63, 3.8) is 0 Å². The van der Waals surface area contributed by atoms with Gasteiger partial charge in [-0.1, -0.05) is 122 Å².